The maximum atomic E-state index is 9.08. The summed E-state index contributed by atoms with van der Waals surface area (Å²) in [6.45, 7) is 4.62. The molecule has 1 aromatic heterocycles. The first kappa shape index (κ1) is 12.3. The fourth-order valence-corrected chi connectivity index (χ4v) is 1.74. The van der Waals surface area contributed by atoms with Crippen LogP contribution in [0.2, 0.25) is 0 Å². The Bertz CT molecular complexity index is 530. The molecule has 0 saturated carbocycles. The number of benzene rings is 1. The van der Waals surface area contributed by atoms with Gasteiger partial charge in [0, 0.05) is 17.6 Å². The van der Waals surface area contributed by atoms with Gasteiger partial charge < -0.3 is 10.3 Å². The van der Waals surface area contributed by atoms with Crippen LogP contribution in [-0.4, -0.2) is 4.98 Å². The van der Waals surface area contributed by atoms with Crippen molar-refractivity contribution in [2.45, 2.75) is 25.8 Å². The largest absolute Gasteiger partial charge is 0.379 e. The van der Waals surface area contributed by atoms with E-state index in [2.05, 4.69) is 16.4 Å². The molecular weight excluding hydrogens is 222 g/mol. The first-order valence-electron chi connectivity index (χ1n) is 6.00. The van der Waals surface area contributed by atoms with E-state index >= 15 is 0 Å². The summed E-state index contributed by atoms with van der Waals surface area (Å²) in [5.41, 5.74) is 2.81. The number of nitrogens with zero attached hydrogens (tertiary/aromatic N) is 1. The fraction of sp³-hybridized carbons (Fsp3) is 0.267. The summed E-state index contributed by atoms with van der Waals surface area (Å²) in [5, 5.41) is 12.4. The van der Waals surface area contributed by atoms with Crippen LogP contribution in [-0.2, 0) is 12.0 Å². The van der Waals surface area contributed by atoms with E-state index < -0.39 is 5.41 Å². The molecule has 0 fully saturated rings. The van der Waals surface area contributed by atoms with Crippen LogP contribution in [0.15, 0.2) is 42.6 Å². The molecule has 0 aliphatic heterocycles. The van der Waals surface area contributed by atoms with Crippen molar-refractivity contribution in [3.05, 3.63) is 53.9 Å². The molecule has 0 amide bonds. The highest BCUT2D eigenvalue weighted by Crippen LogP contribution is 2.23. The Hall–Kier alpha value is -2.21. The zero-order valence-electron chi connectivity index (χ0n) is 10.7. The minimum atomic E-state index is -0.433. The van der Waals surface area contributed by atoms with E-state index in [0.29, 0.717) is 0 Å². The highest BCUT2D eigenvalue weighted by atomic mass is 14.9. The van der Waals surface area contributed by atoms with E-state index in [0.717, 1.165) is 23.5 Å². The molecule has 18 heavy (non-hydrogen) atoms. The Kier molecular flexibility index (Phi) is 3.38. The summed E-state index contributed by atoms with van der Waals surface area (Å²) in [7, 11) is 0. The molecule has 2 rings (SSSR count). The molecule has 0 saturated heterocycles. The van der Waals surface area contributed by atoms with Gasteiger partial charge in [-0.1, -0.05) is 12.1 Å². The number of rotatable bonds is 4. The Balaban J connectivity index is 2.02. The van der Waals surface area contributed by atoms with E-state index in [-0.39, 0.29) is 0 Å². The second-order valence-corrected chi connectivity index (χ2v) is 4.86. The predicted molar refractivity (Wildman–Crippen MR) is 73.2 cm³/mol. The van der Waals surface area contributed by atoms with Crippen molar-refractivity contribution in [1.29, 1.82) is 5.26 Å². The molecule has 0 atom stereocenters. The molecule has 1 aromatic carbocycles. The molecule has 0 unspecified atom stereocenters. The van der Waals surface area contributed by atoms with Crippen LogP contribution in [0.25, 0.3) is 0 Å². The lowest BCUT2D eigenvalue weighted by atomic mass is 9.86. The number of anilines is 1. The monoisotopic (exact) mass is 239 g/mol. The lowest BCUT2D eigenvalue weighted by molar-refractivity contribution is 0.687. The maximum Gasteiger partial charge on any atom is 0.0766 e. The highest BCUT2D eigenvalue weighted by Gasteiger charge is 2.18. The summed E-state index contributed by atoms with van der Waals surface area (Å²) in [5.74, 6) is 0. The van der Waals surface area contributed by atoms with Crippen molar-refractivity contribution in [1.82, 2.24) is 4.98 Å². The van der Waals surface area contributed by atoms with Crippen LogP contribution < -0.4 is 5.32 Å². The zero-order chi connectivity index (χ0) is 13.0. The van der Waals surface area contributed by atoms with Crippen molar-refractivity contribution >= 4 is 5.69 Å². The van der Waals surface area contributed by atoms with Crippen LogP contribution in [0.3, 0.4) is 0 Å². The predicted octanol–water partition coefficient (Wildman–Crippen LogP) is 3.43. The van der Waals surface area contributed by atoms with Gasteiger partial charge in [-0.05, 0) is 43.7 Å². The third kappa shape index (κ3) is 2.72. The smallest absolute Gasteiger partial charge is 0.0766 e. The standard InChI is InChI=1S/C15H17N3/c1-15(2,11-16)12-5-7-13(8-6-12)18-10-14-4-3-9-17-14/h3-9,17-18H,10H2,1-2H3. The van der Waals surface area contributed by atoms with E-state index in [1.54, 1.807) is 0 Å². The first-order chi connectivity index (χ1) is 8.62. The van der Waals surface area contributed by atoms with Crippen molar-refractivity contribution in [2.75, 3.05) is 5.32 Å². The Labute approximate surface area is 107 Å². The van der Waals surface area contributed by atoms with Gasteiger partial charge in [-0.2, -0.15) is 5.26 Å². The number of H-pyrrole nitrogens is 1. The SMILES string of the molecule is CC(C)(C#N)c1ccc(NCc2ccc[nH]2)cc1. The van der Waals surface area contributed by atoms with Gasteiger partial charge in [-0.15, -0.1) is 0 Å². The maximum absolute atomic E-state index is 9.08. The summed E-state index contributed by atoms with van der Waals surface area (Å²) < 4.78 is 0. The normalized spacial score (nSPS) is 10.9. The first-order valence-corrected chi connectivity index (χ1v) is 6.00. The van der Waals surface area contributed by atoms with Gasteiger partial charge in [-0.25, -0.2) is 0 Å². The third-order valence-electron chi connectivity index (χ3n) is 3.03. The molecule has 0 radical (unpaired) electrons. The van der Waals surface area contributed by atoms with Crippen LogP contribution >= 0.6 is 0 Å². The van der Waals surface area contributed by atoms with Gasteiger partial charge >= 0.3 is 0 Å². The van der Waals surface area contributed by atoms with Crippen molar-refractivity contribution in [3.63, 3.8) is 0 Å². The van der Waals surface area contributed by atoms with E-state index in [4.69, 9.17) is 5.26 Å². The number of hydrogen-bond acceptors (Lipinski definition) is 2. The molecule has 1 heterocycles. The van der Waals surface area contributed by atoms with Crippen molar-refractivity contribution in [2.24, 2.45) is 0 Å². The summed E-state index contributed by atoms with van der Waals surface area (Å²) in [6, 6.07) is 14.4. The quantitative estimate of drug-likeness (QED) is 0.858. The number of aromatic amines is 1. The average Bonchev–Trinajstić information content (AvgIpc) is 2.90. The Morgan fingerprint density at radius 1 is 1.22 bits per heavy atom. The molecule has 0 aliphatic carbocycles. The molecule has 3 nitrogen and oxygen atoms in total. The van der Waals surface area contributed by atoms with Gasteiger partial charge in [0.2, 0.25) is 0 Å². The van der Waals surface area contributed by atoms with Gasteiger partial charge in [0.25, 0.3) is 0 Å². The number of nitriles is 1. The Morgan fingerprint density at radius 2 is 1.94 bits per heavy atom. The van der Waals surface area contributed by atoms with Gasteiger partial charge in [-0.3, -0.25) is 0 Å². The highest BCUT2D eigenvalue weighted by molar-refractivity contribution is 5.47. The van der Waals surface area contributed by atoms with Crippen LogP contribution in [0.5, 0.6) is 0 Å². The van der Waals surface area contributed by atoms with Crippen LogP contribution in [0.4, 0.5) is 5.69 Å². The zero-order valence-corrected chi connectivity index (χ0v) is 10.7. The lowest BCUT2D eigenvalue weighted by Crippen LogP contribution is -2.13. The number of hydrogen-bond donors (Lipinski definition) is 2. The molecule has 92 valence electrons. The third-order valence-corrected chi connectivity index (χ3v) is 3.03. The second kappa shape index (κ2) is 4.97. The fourth-order valence-electron chi connectivity index (χ4n) is 1.74. The minimum Gasteiger partial charge on any atom is -0.379 e. The molecule has 0 bridgehead atoms. The lowest BCUT2D eigenvalue weighted by Gasteiger charge is -2.16. The van der Waals surface area contributed by atoms with Gasteiger partial charge in [0.05, 0.1) is 18.0 Å². The molecule has 2 aromatic rings. The summed E-state index contributed by atoms with van der Waals surface area (Å²) in [4.78, 5) is 3.15. The average molecular weight is 239 g/mol. The van der Waals surface area contributed by atoms with E-state index in [1.807, 2.05) is 56.4 Å². The van der Waals surface area contributed by atoms with Crippen molar-refractivity contribution in [3.8, 4) is 6.07 Å². The van der Waals surface area contributed by atoms with Crippen LogP contribution in [0, 0.1) is 11.3 Å². The summed E-state index contributed by atoms with van der Waals surface area (Å²) in [6.07, 6.45) is 1.91. The van der Waals surface area contributed by atoms with E-state index in [1.165, 1.54) is 0 Å². The van der Waals surface area contributed by atoms with E-state index in [9.17, 15) is 0 Å². The second-order valence-electron chi connectivity index (χ2n) is 4.86. The topological polar surface area (TPSA) is 51.6 Å². The molecule has 2 N–H and O–H groups in total. The molecule has 0 spiro atoms. The van der Waals surface area contributed by atoms with Gasteiger partial charge in [0.1, 0.15) is 0 Å². The van der Waals surface area contributed by atoms with Gasteiger partial charge in [0.15, 0.2) is 0 Å². The van der Waals surface area contributed by atoms with Crippen molar-refractivity contribution < 1.29 is 0 Å². The molecular formula is C15H17N3. The Morgan fingerprint density at radius 3 is 2.50 bits per heavy atom. The number of aromatic nitrogens is 1. The van der Waals surface area contributed by atoms with Crippen LogP contribution in [0.1, 0.15) is 25.1 Å². The molecule has 3 heteroatoms. The summed E-state index contributed by atoms with van der Waals surface area (Å²) >= 11 is 0. The molecule has 0 aliphatic rings. The number of nitrogens with one attached hydrogen (secondary N) is 2. The minimum absolute atomic E-state index is 0.433.